The Kier molecular flexibility index (Phi) is 2.53. The second-order valence-electron chi connectivity index (χ2n) is 6.57. The third kappa shape index (κ3) is 2.06. The van der Waals surface area contributed by atoms with Crippen molar-refractivity contribution in [2.24, 2.45) is 0 Å². The summed E-state index contributed by atoms with van der Waals surface area (Å²) in [6, 6.07) is 2.06. The molecule has 3 nitrogen and oxygen atoms in total. The Morgan fingerprint density at radius 1 is 1.00 bits per heavy atom. The second kappa shape index (κ2) is 3.56. The Hall–Kier alpha value is -1.38. The van der Waals surface area contributed by atoms with Crippen LogP contribution < -0.4 is 0 Å². The van der Waals surface area contributed by atoms with Gasteiger partial charge in [0.05, 0.1) is 6.33 Å². The highest BCUT2D eigenvalue weighted by atomic mass is 15.1. The molecule has 3 heteroatoms. The van der Waals surface area contributed by atoms with Gasteiger partial charge in [-0.3, -0.25) is 0 Å². The van der Waals surface area contributed by atoms with Gasteiger partial charge in [0.2, 0.25) is 0 Å². The van der Waals surface area contributed by atoms with Crippen LogP contribution in [-0.2, 0) is 11.0 Å². The second-order valence-corrected chi connectivity index (χ2v) is 6.57. The molecule has 0 amide bonds. The molecule has 92 valence electrons. The molecular formula is C14H21N3. The van der Waals surface area contributed by atoms with Crippen LogP contribution >= 0.6 is 0 Å². The van der Waals surface area contributed by atoms with Gasteiger partial charge in [-0.25, -0.2) is 9.97 Å². The molecule has 17 heavy (non-hydrogen) atoms. The highest BCUT2D eigenvalue weighted by molar-refractivity contribution is 5.61. The van der Waals surface area contributed by atoms with E-state index in [9.17, 15) is 0 Å². The Balaban J connectivity index is 2.80. The van der Waals surface area contributed by atoms with Gasteiger partial charge in [0, 0.05) is 28.4 Å². The van der Waals surface area contributed by atoms with Gasteiger partial charge in [0.1, 0.15) is 0 Å². The quantitative estimate of drug-likeness (QED) is 0.695. The van der Waals surface area contributed by atoms with Gasteiger partial charge >= 0.3 is 0 Å². The topological polar surface area (TPSA) is 30.7 Å². The van der Waals surface area contributed by atoms with Crippen LogP contribution in [0.2, 0.25) is 0 Å². The first-order valence-corrected chi connectivity index (χ1v) is 6.04. The van der Waals surface area contributed by atoms with Crippen LogP contribution in [0.3, 0.4) is 0 Å². The molecule has 2 aliphatic heterocycles. The number of aromatic nitrogens is 3. The Morgan fingerprint density at radius 2 is 1.65 bits per heavy atom. The largest absolute Gasteiger partial charge is 0.330 e. The molecule has 2 aliphatic rings. The van der Waals surface area contributed by atoms with Crippen LogP contribution in [0, 0.1) is 0 Å². The fourth-order valence-corrected chi connectivity index (χ4v) is 2.19. The van der Waals surface area contributed by atoms with Gasteiger partial charge in [0.15, 0.2) is 5.82 Å². The van der Waals surface area contributed by atoms with Crippen molar-refractivity contribution >= 4 is 0 Å². The zero-order chi connectivity index (χ0) is 12.8. The summed E-state index contributed by atoms with van der Waals surface area (Å²) in [4.78, 5) is 8.73. The summed E-state index contributed by atoms with van der Waals surface area (Å²) in [6.45, 7) is 13.3. The fraction of sp³-hybridized carbons (Fsp3) is 0.571. The van der Waals surface area contributed by atoms with Crippen LogP contribution in [0.25, 0.3) is 11.4 Å². The maximum absolute atomic E-state index is 4.43. The van der Waals surface area contributed by atoms with Crippen molar-refractivity contribution in [2.45, 2.75) is 52.5 Å². The molecule has 0 unspecified atom stereocenters. The average Bonchev–Trinajstić information content (AvgIpc) is 2.59. The number of fused-ring (bicyclic) bond motifs is 1. The van der Waals surface area contributed by atoms with Crippen molar-refractivity contribution < 1.29 is 0 Å². The first kappa shape index (κ1) is 12.1. The summed E-state index contributed by atoms with van der Waals surface area (Å²) >= 11 is 0. The van der Waals surface area contributed by atoms with Crippen LogP contribution in [0.4, 0.5) is 0 Å². The molecule has 0 aromatic carbocycles. The SMILES string of the molecule is CC(C)(C)c1c2ccnc-2ncn1C(C)(C)C. The first-order chi connectivity index (χ1) is 7.71. The number of rotatable bonds is 0. The molecule has 0 bridgehead atoms. The predicted octanol–water partition coefficient (Wildman–Crippen LogP) is 3.44. The number of hydrogen-bond donors (Lipinski definition) is 0. The number of hydrogen-bond acceptors (Lipinski definition) is 2. The lowest BCUT2D eigenvalue weighted by molar-refractivity contribution is 0.351. The van der Waals surface area contributed by atoms with E-state index >= 15 is 0 Å². The fourth-order valence-electron chi connectivity index (χ4n) is 2.19. The molecule has 0 spiro atoms. The van der Waals surface area contributed by atoms with E-state index in [1.165, 1.54) is 5.69 Å². The molecule has 0 saturated carbocycles. The monoisotopic (exact) mass is 231 g/mol. The van der Waals surface area contributed by atoms with Gasteiger partial charge in [0.25, 0.3) is 0 Å². The molecule has 0 saturated heterocycles. The summed E-state index contributed by atoms with van der Waals surface area (Å²) in [5, 5.41) is 0. The lowest BCUT2D eigenvalue weighted by atomic mass is 9.86. The average molecular weight is 231 g/mol. The van der Waals surface area contributed by atoms with Crippen LogP contribution in [-0.4, -0.2) is 14.5 Å². The van der Waals surface area contributed by atoms with Crippen molar-refractivity contribution in [1.29, 1.82) is 0 Å². The Bertz CT molecular complexity index is 497. The van der Waals surface area contributed by atoms with Crippen LogP contribution in [0.5, 0.6) is 0 Å². The predicted molar refractivity (Wildman–Crippen MR) is 70.3 cm³/mol. The summed E-state index contributed by atoms with van der Waals surface area (Å²) < 4.78 is 2.26. The summed E-state index contributed by atoms with van der Waals surface area (Å²) in [5.41, 5.74) is 2.56. The molecule has 2 rings (SSSR count). The summed E-state index contributed by atoms with van der Waals surface area (Å²) in [6.07, 6.45) is 3.75. The van der Waals surface area contributed by atoms with E-state index in [4.69, 9.17) is 0 Å². The van der Waals surface area contributed by atoms with Gasteiger partial charge in [-0.05, 0) is 26.8 Å². The summed E-state index contributed by atoms with van der Waals surface area (Å²) in [7, 11) is 0. The van der Waals surface area contributed by atoms with Gasteiger partial charge in [-0.1, -0.05) is 20.8 Å². The van der Waals surface area contributed by atoms with Gasteiger partial charge in [-0.15, -0.1) is 0 Å². The van der Waals surface area contributed by atoms with Gasteiger partial charge < -0.3 is 4.57 Å². The Labute approximate surface area is 103 Å². The van der Waals surface area contributed by atoms with E-state index in [-0.39, 0.29) is 11.0 Å². The molecule has 0 fully saturated rings. The van der Waals surface area contributed by atoms with E-state index in [1.807, 2.05) is 12.5 Å². The maximum Gasteiger partial charge on any atom is 0.162 e. The van der Waals surface area contributed by atoms with E-state index in [1.54, 1.807) is 0 Å². The third-order valence-electron chi connectivity index (χ3n) is 2.90. The van der Waals surface area contributed by atoms with Crippen molar-refractivity contribution in [3.8, 4) is 11.4 Å². The normalized spacial score (nSPS) is 13.3. The zero-order valence-electron chi connectivity index (χ0n) is 11.6. The molecule has 2 heterocycles. The minimum atomic E-state index is 0.0288. The minimum Gasteiger partial charge on any atom is -0.330 e. The van der Waals surface area contributed by atoms with Crippen molar-refractivity contribution in [2.75, 3.05) is 0 Å². The summed E-state index contributed by atoms with van der Waals surface area (Å²) in [5.74, 6) is 0.843. The van der Waals surface area contributed by atoms with Crippen LogP contribution in [0.15, 0.2) is 18.6 Å². The highest BCUT2D eigenvalue weighted by Gasteiger charge is 2.28. The maximum atomic E-state index is 4.43. The van der Waals surface area contributed by atoms with Gasteiger partial charge in [-0.2, -0.15) is 0 Å². The molecule has 0 radical (unpaired) electrons. The zero-order valence-corrected chi connectivity index (χ0v) is 11.6. The van der Waals surface area contributed by atoms with E-state index in [2.05, 4.69) is 62.1 Å². The van der Waals surface area contributed by atoms with Crippen molar-refractivity contribution in [3.63, 3.8) is 0 Å². The van der Waals surface area contributed by atoms with E-state index in [0.29, 0.717) is 0 Å². The number of nitrogens with zero attached hydrogens (tertiary/aromatic N) is 3. The minimum absolute atomic E-state index is 0.0288. The molecule has 0 atom stereocenters. The van der Waals surface area contributed by atoms with Crippen LogP contribution in [0.1, 0.15) is 47.2 Å². The lowest BCUT2D eigenvalue weighted by Gasteiger charge is -2.34. The third-order valence-corrected chi connectivity index (χ3v) is 2.90. The van der Waals surface area contributed by atoms with Crippen molar-refractivity contribution in [3.05, 3.63) is 24.3 Å². The Morgan fingerprint density at radius 3 is 2.18 bits per heavy atom. The highest BCUT2D eigenvalue weighted by Crippen LogP contribution is 2.35. The van der Waals surface area contributed by atoms with E-state index in [0.717, 1.165) is 11.4 Å². The lowest BCUT2D eigenvalue weighted by Crippen LogP contribution is -2.31. The standard InChI is InChI=1S/C14H21N3/c1-13(2,3)11-10-7-8-15-12(10)16-9-17(11)14(4,5)6/h7-9H,1-6H3. The first-order valence-electron chi connectivity index (χ1n) is 6.04. The smallest absolute Gasteiger partial charge is 0.162 e. The molecule has 0 aromatic heterocycles. The van der Waals surface area contributed by atoms with E-state index < -0.39 is 0 Å². The molecule has 0 aromatic rings. The molecule has 0 N–H and O–H groups in total. The van der Waals surface area contributed by atoms with Crippen molar-refractivity contribution in [1.82, 2.24) is 14.5 Å². The molecular weight excluding hydrogens is 210 g/mol. The molecule has 0 aliphatic carbocycles.